The number of alkyl halides is 3. The summed E-state index contributed by atoms with van der Waals surface area (Å²) < 4.78 is 40.3. The first-order chi connectivity index (χ1) is 14.2. The number of benzene rings is 1. The Morgan fingerprint density at radius 3 is 2.37 bits per heavy atom. The number of nitrogens with zero attached hydrogens (tertiary/aromatic N) is 3. The molecule has 2 fully saturated rings. The second kappa shape index (κ2) is 7.32. The normalized spacial score (nSPS) is 21.5. The van der Waals surface area contributed by atoms with Gasteiger partial charge in [0.25, 0.3) is 0 Å². The van der Waals surface area contributed by atoms with Gasteiger partial charge in [-0.3, -0.25) is 9.80 Å². The lowest BCUT2D eigenvalue weighted by molar-refractivity contribution is -0.137. The van der Waals surface area contributed by atoms with Crippen molar-refractivity contribution < 1.29 is 27.9 Å². The van der Waals surface area contributed by atoms with E-state index in [1.54, 1.807) is 12.1 Å². The minimum Gasteiger partial charge on any atom is -0.477 e. The van der Waals surface area contributed by atoms with E-state index < -0.39 is 29.3 Å². The van der Waals surface area contributed by atoms with Crippen LogP contribution in [0.4, 0.5) is 28.7 Å². The number of thiophene rings is 1. The van der Waals surface area contributed by atoms with Crippen molar-refractivity contribution in [1.82, 2.24) is 0 Å². The van der Waals surface area contributed by atoms with E-state index in [1.165, 1.54) is 21.9 Å². The summed E-state index contributed by atoms with van der Waals surface area (Å²) in [6.07, 6.45) is -1.70. The summed E-state index contributed by atoms with van der Waals surface area (Å²) in [5.41, 5.74) is -1.49. The van der Waals surface area contributed by atoms with E-state index in [0.717, 1.165) is 36.3 Å². The number of aromatic carboxylic acids is 1. The Kier molecular flexibility index (Phi) is 4.94. The molecule has 0 radical (unpaired) electrons. The first kappa shape index (κ1) is 20.2. The van der Waals surface area contributed by atoms with Crippen LogP contribution in [0.3, 0.4) is 0 Å². The number of hydrogen-bond donors (Lipinski definition) is 1. The fourth-order valence-electron chi connectivity index (χ4n) is 4.24. The number of hydrogen-bond acceptors (Lipinski definition) is 4. The first-order valence-electron chi connectivity index (χ1n) is 9.29. The molecule has 30 heavy (non-hydrogen) atoms. The molecule has 2 heterocycles. The van der Waals surface area contributed by atoms with Gasteiger partial charge in [-0.15, -0.1) is 11.3 Å². The lowest BCUT2D eigenvalue weighted by Gasteiger charge is -2.31. The second-order valence-electron chi connectivity index (χ2n) is 7.22. The molecular weight excluding hydrogens is 419 g/mol. The molecule has 2 atom stereocenters. The summed E-state index contributed by atoms with van der Waals surface area (Å²) in [6, 6.07) is 6.75. The van der Waals surface area contributed by atoms with Gasteiger partial charge in [0, 0.05) is 5.69 Å². The molecule has 4 rings (SSSR count). The standard InChI is InChI=1S/C20H16F3N3O3S/c21-20(22,23)13-9-12(6-5-11(13)10-24)25-14-3-1-2-4-15(14)26(19(25)29)17-8-7-16(30-17)18(27)28/h5-9,14-15H,1-4H2,(H,27,28)/t14-,15-/m1/s1. The number of fused-ring (bicyclic) bond motifs is 1. The topological polar surface area (TPSA) is 84.6 Å². The number of amides is 2. The first-order valence-corrected chi connectivity index (χ1v) is 10.1. The minimum absolute atomic E-state index is 0.0840. The molecule has 1 N–H and O–H groups in total. The van der Waals surface area contributed by atoms with Crippen molar-refractivity contribution in [3.63, 3.8) is 0 Å². The quantitative estimate of drug-likeness (QED) is 0.727. The molecule has 2 aliphatic rings. The second-order valence-corrected chi connectivity index (χ2v) is 8.29. The number of carboxylic acid groups (broad SMARTS) is 1. The molecule has 10 heteroatoms. The van der Waals surface area contributed by atoms with Crippen molar-refractivity contribution in [1.29, 1.82) is 5.26 Å². The van der Waals surface area contributed by atoms with Crippen LogP contribution >= 0.6 is 11.3 Å². The Labute approximate surface area is 173 Å². The highest BCUT2D eigenvalue weighted by Crippen LogP contribution is 2.43. The SMILES string of the molecule is N#Cc1ccc(N2C(=O)N(c3ccc(C(=O)O)s3)[C@@H]3CCCC[C@H]32)cc1C(F)(F)F. The third-order valence-electron chi connectivity index (χ3n) is 5.52. The fourth-order valence-corrected chi connectivity index (χ4v) is 5.14. The number of carboxylic acids is 1. The summed E-state index contributed by atoms with van der Waals surface area (Å²) in [7, 11) is 0. The van der Waals surface area contributed by atoms with Crippen LogP contribution in [0.5, 0.6) is 0 Å². The molecule has 1 saturated carbocycles. The molecule has 1 saturated heterocycles. The summed E-state index contributed by atoms with van der Waals surface area (Å²) in [4.78, 5) is 27.5. The van der Waals surface area contributed by atoms with Gasteiger partial charge in [0.05, 0.1) is 29.3 Å². The van der Waals surface area contributed by atoms with Crippen molar-refractivity contribution in [2.24, 2.45) is 0 Å². The van der Waals surface area contributed by atoms with Crippen molar-refractivity contribution in [2.45, 2.75) is 43.9 Å². The molecule has 1 aromatic heterocycles. The summed E-state index contributed by atoms with van der Waals surface area (Å²) in [6.45, 7) is 0. The number of nitriles is 1. The number of urea groups is 1. The number of carbonyl (C=O) groups excluding carboxylic acids is 1. The van der Waals surface area contributed by atoms with E-state index in [1.807, 2.05) is 0 Å². The predicted molar refractivity (Wildman–Crippen MR) is 104 cm³/mol. The van der Waals surface area contributed by atoms with Gasteiger partial charge in [-0.05, 0) is 43.2 Å². The lowest BCUT2D eigenvalue weighted by atomic mass is 9.90. The molecule has 1 aromatic carbocycles. The van der Waals surface area contributed by atoms with E-state index in [0.29, 0.717) is 17.8 Å². The number of rotatable bonds is 3. The van der Waals surface area contributed by atoms with Crippen LogP contribution in [0.2, 0.25) is 0 Å². The van der Waals surface area contributed by atoms with Gasteiger partial charge in [0.2, 0.25) is 0 Å². The van der Waals surface area contributed by atoms with Gasteiger partial charge in [0.15, 0.2) is 0 Å². The smallest absolute Gasteiger partial charge is 0.417 e. The molecule has 2 aromatic rings. The maximum Gasteiger partial charge on any atom is 0.417 e. The molecule has 0 unspecified atom stereocenters. The average Bonchev–Trinajstić information content (AvgIpc) is 3.29. The maximum absolute atomic E-state index is 13.4. The number of halogens is 3. The molecule has 0 bridgehead atoms. The van der Waals surface area contributed by atoms with Gasteiger partial charge < -0.3 is 5.11 Å². The highest BCUT2D eigenvalue weighted by molar-refractivity contribution is 7.18. The monoisotopic (exact) mass is 435 g/mol. The largest absolute Gasteiger partial charge is 0.477 e. The van der Waals surface area contributed by atoms with Crippen molar-refractivity contribution in [3.8, 4) is 6.07 Å². The van der Waals surface area contributed by atoms with Gasteiger partial charge in [0.1, 0.15) is 9.88 Å². The Bertz CT molecular complexity index is 1060. The van der Waals surface area contributed by atoms with Crippen LogP contribution in [0.25, 0.3) is 0 Å². The van der Waals surface area contributed by atoms with Crippen LogP contribution < -0.4 is 9.80 Å². The predicted octanol–water partition coefficient (Wildman–Crippen LogP) is 5.09. The van der Waals surface area contributed by atoms with Crippen LogP contribution in [0, 0.1) is 11.3 Å². The molecule has 6 nitrogen and oxygen atoms in total. The molecular formula is C20H16F3N3O3S. The van der Waals surface area contributed by atoms with Crippen LogP contribution in [-0.2, 0) is 6.18 Å². The lowest BCUT2D eigenvalue weighted by Crippen LogP contribution is -2.39. The number of anilines is 2. The van der Waals surface area contributed by atoms with Crippen molar-refractivity contribution >= 4 is 34.0 Å². The summed E-state index contributed by atoms with van der Waals surface area (Å²) in [5.74, 6) is -1.10. The fraction of sp³-hybridized carbons (Fsp3) is 0.350. The van der Waals surface area contributed by atoms with E-state index in [4.69, 9.17) is 5.26 Å². The zero-order valence-electron chi connectivity index (χ0n) is 15.5. The Morgan fingerprint density at radius 1 is 1.13 bits per heavy atom. The zero-order valence-corrected chi connectivity index (χ0v) is 16.3. The van der Waals surface area contributed by atoms with E-state index in [2.05, 4.69) is 0 Å². The van der Waals surface area contributed by atoms with Crippen LogP contribution in [0.1, 0.15) is 46.5 Å². The van der Waals surface area contributed by atoms with Gasteiger partial charge >= 0.3 is 18.2 Å². The minimum atomic E-state index is -4.72. The zero-order chi connectivity index (χ0) is 21.6. The highest BCUT2D eigenvalue weighted by Gasteiger charge is 2.49. The van der Waals surface area contributed by atoms with E-state index in [-0.39, 0.29) is 22.6 Å². The summed E-state index contributed by atoms with van der Waals surface area (Å²) in [5, 5.41) is 18.7. The third kappa shape index (κ3) is 3.29. The van der Waals surface area contributed by atoms with Crippen molar-refractivity contribution in [2.75, 3.05) is 9.80 Å². The Balaban J connectivity index is 1.78. The summed E-state index contributed by atoms with van der Waals surface area (Å²) >= 11 is 0.964. The Hall–Kier alpha value is -3.06. The molecule has 1 aliphatic heterocycles. The molecule has 156 valence electrons. The van der Waals surface area contributed by atoms with Crippen LogP contribution in [-0.4, -0.2) is 29.2 Å². The van der Waals surface area contributed by atoms with Gasteiger partial charge in [-0.2, -0.15) is 18.4 Å². The maximum atomic E-state index is 13.4. The van der Waals surface area contributed by atoms with Gasteiger partial charge in [-0.1, -0.05) is 12.8 Å². The molecule has 2 amide bonds. The van der Waals surface area contributed by atoms with Gasteiger partial charge in [-0.25, -0.2) is 9.59 Å². The Morgan fingerprint density at radius 2 is 1.80 bits per heavy atom. The van der Waals surface area contributed by atoms with Crippen LogP contribution in [0.15, 0.2) is 30.3 Å². The third-order valence-corrected chi connectivity index (χ3v) is 6.59. The average molecular weight is 435 g/mol. The highest BCUT2D eigenvalue weighted by atomic mass is 32.1. The number of carbonyl (C=O) groups is 2. The van der Waals surface area contributed by atoms with E-state index >= 15 is 0 Å². The van der Waals surface area contributed by atoms with Crippen molar-refractivity contribution in [3.05, 3.63) is 46.3 Å². The molecule has 0 spiro atoms. The molecule has 1 aliphatic carbocycles. The van der Waals surface area contributed by atoms with E-state index in [9.17, 15) is 27.9 Å².